The topological polar surface area (TPSA) is 63.8 Å². The molecule has 1 aromatic rings. The third kappa shape index (κ3) is 2.08. The van der Waals surface area contributed by atoms with Gasteiger partial charge in [0.1, 0.15) is 0 Å². The summed E-state index contributed by atoms with van der Waals surface area (Å²) in [5.41, 5.74) is 0.664. The van der Waals surface area contributed by atoms with Crippen LogP contribution in [0.2, 0.25) is 0 Å². The van der Waals surface area contributed by atoms with Gasteiger partial charge in [0.2, 0.25) is 0 Å². The van der Waals surface area contributed by atoms with Gasteiger partial charge in [0.05, 0.1) is 11.9 Å². The molecule has 5 nitrogen and oxygen atoms in total. The largest absolute Gasteiger partial charge is 0.444 e. The maximum Gasteiger partial charge on any atom is 0.295 e. The van der Waals surface area contributed by atoms with Gasteiger partial charge in [-0.2, -0.15) is 0 Å². The molecule has 0 aliphatic heterocycles. The highest BCUT2D eigenvalue weighted by Gasteiger charge is 2.06. The predicted molar refractivity (Wildman–Crippen MR) is 45.7 cm³/mol. The Hall–Kier alpha value is -1.78. The fourth-order valence-corrected chi connectivity index (χ4v) is 1.05. The van der Waals surface area contributed by atoms with E-state index in [0.717, 1.165) is 0 Å². The summed E-state index contributed by atoms with van der Waals surface area (Å²) in [6.07, 6.45) is 2.59. The Balaban J connectivity index is 2.85. The highest BCUT2D eigenvalue weighted by atomic mass is 16.5. The molecular weight excluding hydrogens is 172 g/mol. The summed E-state index contributed by atoms with van der Waals surface area (Å²) in [4.78, 5) is 10.1. The lowest BCUT2D eigenvalue weighted by molar-refractivity contribution is -0.136. The van der Waals surface area contributed by atoms with Crippen LogP contribution in [0.3, 0.4) is 0 Å². The Morgan fingerprint density at radius 2 is 2.54 bits per heavy atom. The van der Waals surface area contributed by atoms with Crippen LogP contribution < -0.4 is 0 Å². The van der Waals surface area contributed by atoms with Gasteiger partial charge in [0.25, 0.3) is 6.47 Å². The molecule has 0 aliphatic carbocycles. The van der Waals surface area contributed by atoms with Gasteiger partial charge in [0, 0.05) is 6.20 Å². The van der Waals surface area contributed by atoms with Crippen LogP contribution in [0, 0.1) is 0 Å². The third-order valence-corrected chi connectivity index (χ3v) is 1.65. The first kappa shape index (κ1) is 9.31. The monoisotopic (exact) mass is 182 g/mol. The second-order valence-corrected chi connectivity index (χ2v) is 2.42. The number of nitrogens with zero attached hydrogens (tertiary/aromatic N) is 2. The van der Waals surface area contributed by atoms with Crippen molar-refractivity contribution >= 4 is 12.7 Å². The first-order chi connectivity index (χ1) is 6.29. The van der Waals surface area contributed by atoms with Crippen molar-refractivity contribution < 1.29 is 14.7 Å². The van der Waals surface area contributed by atoms with E-state index in [1.807, 2.05) is 0 Å². The molecule has 0 amide bonds. The summed E-state index contributed by atoms with van der Waals surface area (Å²) >= 11 is 0. The minimum absolute atomic E-state index is 0.379. The lowest BCUT2D eigenvalue weighted by Gasteiger charge is -2.12. The second-order valence-electron chi connectivity index (χ2n) is 2.42. The fourth-order valence-electron chi connectivity index (χ4n) is 1.05. The molecule has 5 heteroatoms. The summed E-state index contributed by atoms with van der Waals surface area (Å²) in [6, 6.07) is 3.51. The lowest BCUT2D eigenvalue weighted by Crippen LogP contribution is -2.10. The Kier molecular flexibility index (Phi) is 3.08. The third-order valence-electron chi connectivity index (χ3n) is 1.65. The van der Waals surface area contributed by atoms with E-state index in [-0.39, 0.29) is 0 Å². The number of hydrogen-bond donors (Lipinski definition) is 1. The molecule has 1 aromatic heterocycles. The van der Waals surface area contributed by atoms with E-state index in [0.29, 0.717) is 12.2 Å². The fraction of sp³-hybridized carbons (Fsp3) is 0.250. The Bertz CT molecular complexity index is 306. The summed E-state index contributed by atoms with van der Waals surface area (Å²) in [6.45, 7) is 2.09. The molecule has 1 rings (SSSR count). The van der Waals surface area contributed by atoms with Gasteiger partial charge in [-0.25, -0.2) is 0 Å². The number of oxime groups is 1. The molecule has 0 saturated carbocycles. The maximum absolute atomic E-state index is 10.1. The zero-order chi connectivity index (χ0) is 9.68. The molecule has 1 heterocycles. The second kappa shape index (κ2) is 4.30. The quantitative estimate of drug-likeness (QED) is 0.327. The van der Waals surface area contributed by atoms with Crippen molar-refractivity contribution in [1.29, 1.82) is 0 Å². The molecular formula is C8H10N2O3. The normalized spacial score (nSPS) is 13.0. The SMILES string of the molecule is CC(OC=O)n1cccc1C=NO. The zero-order valence-electron chi connectivity index (χ0n) is 7.12. The molecule has 0 spiro atoms. The van der Waals surface area contributed by atoms with Gasteiger partial charge in [-0.3, -0.25) is 4.79 Å². The van der Waals surface area contributed by atoms with E-state index in [9.17, 15) is 4.79 Å². The molecule has 0 radical (unpaired) electrons. The zero-order valence-corrected chi connectivity index (χ0v) is 7.12. The van der Waals surface area contributed by atoms with E-state index in [2.05, 4.69) is 5.16 Å². The highest BCUT2D eigenvalue weighted by molar-refractivity contribution is 5.76. The summed E-state index contributed by atoms with van der Waals surface area (Å²) < 4.78 is 6.37. The molecule has 0 saturated heterocycles. The molecule has 1 unspecified atom stereocenters. The van der Waals surface area contributed by atoms with Crippen LogP contribution in [0.4, 0.5) is 0 Å². The van der Waals surface area contributed by atoms with Crippen molar-refractivity contribution in [2.75, 3.05) is 0 Å². The molecule has 1 atom stereocenters. The van der Waals surface area contributed by atoms with Gasteiger partial charge in [-0.05, 0) is 19.1 Å². The Labute approximate surface area is 75.2 Å². The van der Waals surface area contributed by atoms with Crippen molar-refractivity contribution in [3.63, 3.8) is 0 Å². The van der Waals surface area contributed by atoms with Crippen LogP contribution in [-0.4, -0.2) is 22.5 Å². The number of carbonyl (C=O) groups excluding carboxylic acids is 1. The average molecular weight is 182 g/mol. The minimum Gasteiger partial charge on any atom is -0.444 e. The smallest absolute Gasteiger partial charge is 0.295 e. The van der Waals surface area contributed by atoms with Crippen molar-refractivity contribution in [3.8, 4) is 0 Å². The average Bonchev–Trinajstić information content (AvgIpc) is 2.54. The van der Waals surface area contributed by atoms with E-state index in [1.54, 1.807) is 29.8 Å². The van der Waals surface area contributed by atoms with Crippen molar-refractivity contribution in [2.45, 2.75) is 13.2 Å². The van der Waals surface area contributed by atoms with Crippen LogP contribution in [0.1, 0.15) is 18.8 Å². The summed E-state index contributed by atoms with van der Waals surface area (Å²) in [7, 11) is 0. The van der Waals surface area contributed by atoms with E-state index < -0.39 is 6.23 Å². The molecule has 0 bridgehead atoms. The first-order valence-corrected chi connectivity index (χ1v) is 3.73. The number of hydrogen-bond acceptors (Lipinski definition) is 4. The molecule has 70 valence electrons. The summed E-state index contributed by atoms with van der Waals surface area (Å²) in [5.74, 6) is 0. The highest BCUT2D eigenvalue weighted by Crippen LogP contribution is 2.10. The molecule has 0 aromatic carbocycles. The van der Waals surface area contributed by atoms with Gasteiger partial charge >= 0.3 is 0 Å². The van der Waals surface area contributed by atoms with Crippen LogP contribution in [0.5, 0.6) is 0 Å². The van der Waals surface area contributed by atoms with Crippen LogP contribution in [0.15, 0.2) is 23.5 Å². The van der Waals surface area contributed by atoms with E-state index >= 15 is 0 Å². The number of aromatic nitrogens is 1. The van der Waals surface area contributed by atoms with Gasteiger partial charge < -0.3 is 14.5 Å². The van der Waals surface area contributed by atoms with Crippen molar-refractivity contribution in [1.82, 2.24) is 4.57 Å². The van der Waals surface area contributed by atoms with Crippen LogP contribution in [-0.2, 0) is 9.53 Å². The van der Waals surface area contributed by atoms with Crippen LogP contribution >= 0.6 is 0 Å². The van der Waals surface area contributed by atoms with Crippen LogP contribution in [0.25, 0.3) is 0 Å². The predicted octanol–water partition coefficient (Wildman–Crippen LogP) is 0.988. The molecule has 0 aliphatic rings. The van der Waals surface area contributed by atoms with Gasteiger partial charge in [-0.1, -0.05) is 5.16 Å². The van der Waals surface area contributed by atoms with Crippen molar-refractivity contribution in [2.24, 2.45) is 5.16 Å². The molecule has 0 fully saturated rings. The van der Waals surface area contributed by atoms with Crippen molar-refractivity contribution in [3.05, 3.63) is 24.0 Å². The summed E-state index contributed by atoms with van der Waals surface area (Å²) in [5, 5.41) is 11.2. The van der Waals surface area contributed by atoms with E-state index in [1.165, 1.54) is 6.21 Å². The number of ether oxygens (including phenoxy) is 1. The number of rotatable bonds is 4. The van der Waals surface area contributed by atoms with Gasteiger partial charge in [0.15, 0.2) is 6.23 Å². The first-order valence-electron chi connectivity index (χ1n) is 3.73. The molecule has 13 heavy (non-hydrogen) atoms. The Morgan fingerprint density at radius 3 is 3.15 bits per heavy atom. The Morgan fingerprint density at radius 1 is 1.77 bits per heavy atom. The minimum atomic E-state index is -0.402. The lowest BCUT2D eigenvalue weighted by atomic mass is 10.4. The molecule has 1 N–H and O–H groups in total. The standard InChI is InChI=1S/C8H10N2O3/c1-7(13-6-11)10-4-2-3-8(10)5-9-12/h2-7,12H,1H3. The number of carbonyl (C=O) groups is 1. The maximum atomic E-state index is 10.1. The van der Waals surface area contributed by atoms with Gasteiger partial charge in [-0.15, -0.1) is 0 Å². The van der Waals surface area contributed by atoms with E-state index in [4.69, 9.17) is 9.94 Å².